The number of hydrogen-bond donors (Lipinski definition) is 4. The van der Waals surface area contributed by atoms with Gasteiger partial charge in [-0.3, -0.25) is 19.2 Å². The molecule has 5 amide bonds. The number of Topliss-reactive ketones (excluding diaryl/α,β-unsaturated/α-hetero) is 1. The van der Waals surface area contributed by atoms with Crippen molar-refractivity contribution in [2.45, 2.75) is 110 Å². The lowest BCUT2D eigenvalue weighted by atomic mass is 9.80. The molecule has 3 unspecified atom stereocenters. The Morgan fingerprint density at radius 3 is 1.95 bits per heavy atom. The third kappa shape index (κ3) is 7.87. The standard InChI is InChI=1S/C27H44F3N5O5/c1-14(2)16-11-12-35(18(16)22(38)32-17(19(36)21(31)37)13-15-9-8-10-15)23(39)20(25(3,4)5)33-24(40)34-26(6,7)27(28,29)30/h14-18,20H,8-13H2,1-7H3,(H2,31,37)(H,32,38)(H2,33,34,40)/t16?,17?,18?,20-/m1/s1. The number of amides is 5. The number of alkyl halides is 3. The summed E-state index contributed by atoms with van der Waals surface area (Å²) in [5.74, 6) is -3.47. The lowest BCUT2D eigenvalue weighted by Gasteiger charge is -2.38. The van der Waals surface area contributed by atoms with Crippen LogP contribution in [0.3, 0.4) is 0 Å². The first-order chi connectivity index (χ1) is 18.2. The summed E-state index contributed by atoms with van der Waals surface area (Å²) in [6.07, 6.45) is -1.27. The monoisotopic (exact) mass is 575 g/mol. The minimum atomic E-state index is -4.73. The van der Waals surface area contributed by atoms with E-state index in [0.717, 1.165) is 33.1 Å². The maximum atomic E-state index is 13.9. The summed E-state index contributed by atoms with van der Waals surface area (Å²) in [4.78, 5) is 65.7. The van der Waals surface area contributed by atoms with Gasteiger partial charge in [-0.15, -0.1) is 0 Å². The van der Waals surface area contributed by atoms with Gasteiger partial charge in [-0.05, 0) is 49.9 Å². The Morgan fingerprint density at radius 1 is 0.950 bits per heavy atom. The molecule has 1 aliphatic carbocycles. The number of hydrogen-bond acceptors (Lipinski definition) is 5. The van der Waals surface area contributed by atoms with E-state index >= 15 is 0 Å². The molecule has 2 aliphatic rings. The zero-order valence-electron chi connectivity index (χ0n) is 24.4. The Bertz CT molecular complexity index is 988. The van der Waals surface area contributed by atoms with Gasteiger partial charge in [0.25, 0.3) is 5.91 Å². The summed E-state index contributed by atoms with van der Waals surface area (Å²) < 4.78 is 40.0. The van der Waals surface area contributed by atoms with Crippen LogP contribution < -0.4 is 21.7 Å². The summed E-state index contributed by atoms with van der Waals surface area (Å²) >= 11 is 0. The van der Waals surface area contributed by atoms with Crippen molar-refractivity contribution in [3.63, 3.8) is 0 Å². The summed E-state index contributed by atoms with van der Waals surface area (Å²) in [7, 11) is 0. The van der Waals surface area contributed by atoms with Crippen molar-refractivity contribution in [1.82, 2.24) is 20.9 Å². The molecular formula is C27H44F3N5O5. The second-order valence-electron chi connectivity index (χ2n) is 13.0. The lowest BCUT2D eigenvalue weighted by molar-refractivity contribution is -0.182. The molecular weight excluding hydrogens is 531 g/mol. The van der Waals surface area contributed by atoms with E-state index in [1.165, 1.54) is 4.90 Å². The van der Waals surface area contributed by atoms with Crippen LogP contribution in [0.5, 0.6) is 0 Å². The smallest absolute Gasteiger partial charge is 0.363 e. The number of urea groups is 1. The number of nitrogens with one attached hydrogen (secondary N) is 3. The highest BCUT2D eigenvalue weighted by molar-refractivity contribution is 6.37. The molecule has 1 aliphatic heterocycles. The van der Waals surface area contributed by atoms with E-state index in [9.17, 15) is 37.1 Å². The fraction of sp³-hybridized carbons (Fsp3) is 0.815. The third-order valence-corrected chi connectivity index (χ3v) is 8.05. The second-order valence-corrected chi connectivity index (χ2v) is 13.0. The Kier molecular flexibility index (Phi) is 10.3. The number of carbonyl (C=O) groups is 5. The Labute approximate surface area is 233 Å². The number of rotatable bonds is 10. The van der Waals surface area contributed by atoms with E-state index in [1.807, 2.05) is 19.2 Å². The van der Waals surface area contributed by atoms with Crippen LogP contribution in [0, 0.1) is 23.2 Å². The van der Waals surface area contributed by atoms with E-state index in [-0.39, 0.29) is 30.7 Å². The van der Waals surface area contributed by atoms with E-state index in [4.69, 9.17) is 5.73 Å². The molecule has 5 N–H and O–H groups in total. The van der Waals surface area contributed by atoms with Crippen molar-refractivity contribution in [1.29, 1.82) is 0 Å². The van der Waals surface area contributed by atoms with Gasteiger partial charge < -0.3 is 26.6 Å². The highest BCUT2D eigenvalue weighted by atomic mass is 19.4. The summed E-state index contributed by atoms with van der Waals surface area (Å²) in [6.45, 7) is 10.5. The number of nitrogens with zero attached hydrogens (tertiary/aromatic N) is 1. The van der Waals surface area contributed by atoms with Crippen LogP contribution in [0.15, 0.2) is 0 Å². The fourth-order valence-electron chi connectivity index (χ4n) is 5.16. The predicted octanol–water partition coefficient (Wildman–Crippen LogP) is 2.64. The summed E-state index contributed by atoms with van der Waals surface area (Å²) in [6, 6.07) is -4.58. The summed E-state index contributed by atoms with van der Waals surface area (Å²) in [5, 5.41) is 6.94. The van der Waals surface area contributed by atoms with Crippen molar-refractivity contribution in [2.75, 3.05) is 6.54 Å². The number of likely N-dealkylation sites (tertiary alicyclic amines) is 1. The average molecular weight is 576 g/mol. The van der Waals surface area contributed by atoms with Crippen molar-refractivity contribution >= 4 is 29.5 Å². The van der Waals surface area contributed by atoms with E-state index in [1.54, 1.807) is 20.8 Å². The van der Waals surface area contributed by atoms with Gasteiger partial charge in [0.2, 0.25) is 17.6 Å². The van der Waals surface area contributed by atoms with Crippen LogP contribution in [-0.2, 0) is 19.2 Å². The Morgan fingerprint density at radius 2 is 1.52 bits per heavy atom. The topological polar surface area (TPSA) is 151 Å². The van der Waals surface area contributed by atoms with Crippen molar-refractivity contribution < 1.29 is 37.1 Å². The first-order valence-electron chi connectivity index (χ1n) is 13.8. The minimum absolute atomic E-state index is 0.0394. The van der Waals surface area contributed by atoms with Crippen molar-refractivity contribution in [2.24, 2.45) is 28.9 Å². The number of nitrogens with two attached hydrogens (primary N) is 1. The van der Waals surface area contributed by atoms with Crippen molar-refractivity contribution in [3.8, 4) is 0 Å². The van der Waals surface area contributed by atoms with Gasteiger partial charge in [-0.2, -0.15) is 13.2 Å². The minimum Gasteiger partial charge on any atom is -0.363 e. The molecule has 0 radical (unpaired) electrons. The molecule has 2 rings (SSSR count). The fourth-order valence-corrected chi connectivity index (χ4v) is 5.16. The maximum Gasteiger partial charge on any atom is 0.411 e. The Hall–Kier alpha value is -2.86. The SMILES string of the molecule is CC(C)C1CCN(C(=O)[C@@H](NC(=O)NC(C)(C)C(F)(F)F)C(C)(C)C)C1C(=O)NC(CC1CCC1)C(=O)C(N)=O. The van der Waals surface area contributed by atoms with Gasteiger partial charge in [0.1, 0.15) is 17.6 Å². The molecule has 0 aromatic carbocycles. The number of primary amides is 1. The van der Waals surface area contributed by atoms with Crippen LogP contribution in [0.1, 0.15) is 80.6 Å². The molecule has 13 heteroatoms. The zero-order valence-corrected chi connectivity index (χ0v) is 24.4. The molecule has 40 heavy (non-hydrogen) atoms. The molecule has 1 heterocycles. The molecule has 10 nitrogen and oxygen atoms in total. The molecule has 228 valence electrons. The molecule has 0 aromatic heterocycles. The van der Waals surface area contributed by atoms with E-state index in [2.05, 4.69) is 10.6 Å². The first kappa shape index (κ1) is 33.3. The first-order valence-corrected chi connectivity index (χ1v) is 13.8. The highest BCUT2D eigenvalue weighted by Crippen LogP contribution is 2.35. The van der Waals surface area contributed by atoms with Gasteiger partial charge in [0.15, 0.2) is 0 Å². The third-order valence-electron chi connectivity index (χ3n) is 8.05. The van der Waals surface area contributed by atoms with Crippen LogP contribution >= 0.6 is 0 Å². The number of ketones is 1. The van der Waals surface area contributed by atoms with Gasteiger partial charge in [0, 0.05) is 6.54 Å². The molecule has 0 spiro atoms. The van der Waals surface area contributed by atoms with Gasteiger partial charge in [0.05, 0.1) is 6.04 Å². The van der Waals surface area contributed by atoms with Crippen LogP contribution in [0.2, 0.25) is 0 Å². The summed E-state index contributed by atoms with van der Waals surface area (Å²) in [5.41, 5.74) is 1.76. The van der Waals surface area contributed by atoms with Gasteiger partial charge in [-0.1, -0.05) is 53.9 Å². The van der Waals surface area contributed by atoms with Crippen LogP contribution in [-0.4, -0.2) is 70.8 Å². The second kappa shape index (κ2) is 12.3. The molecule has 0 bridgehead atoms. The van der Waals surface area contributed by atoms with E-state index < -0.39 is 64.8 Å². The molecule has 1 saturated heterocycles. The van der Waals surface area contributed by atoms with Crippen molar-refractivity contribution in [3.05, 3.63) is 0 Å². The van der Waals surface area contributed by atoms with E-state index in [0.29, 0.717) is 6.42 Å². The van der Waals surface area contributed by atoms with Gasteiger partial charge >= 0.3 is 12.2 Å². The molecule has 4 atom stereocenters. The predicted molar refractivity (Wildman–Crippen MR) is 142 cm³/mol. The van der Waals surface area contributed by atoms with Crippen LogP contribution in [0.4, 0.5) is 18.0 Å². The quantitative estimate of drug-likeness (QED) is 0.295. The average Bonchev–Trinajstić information content (AvgIpc) is 3.21. The van der Waals surface area contributed by atoms with Gasteiger partial charge in [-0.25, -0.2) is 4.79 Å². The Balaban J connectivity index is 2.33. The van der Waals surface area contributed by atoms with Crippen LogP contribution in [0.25, 0.3) is 0 Å². The lowest BCUT2D eigenvalue weighted by Crippen LogP contribution is -2.63. The maximum absolute atomic E-state index is 13.9. The normalized spacial score (nSPS) is 21.8. The molecule has 0 aromatic rings. The highest BCUT2D eigenvalue weighted by Gasteiger charge is 2.50. The zero-order chi connectivity index (χ0) is 30.8. The number of carbonyl (C=O) groups excluding carboxylic acids is 5. The largest absolute Gasteiger partial charge is 0.411 e. The number of halogens is 3. The molecule has 1 saturated carbocycles. The molecule has 2 fully saturated rings.